The second kappa shape index (κ2) is 7.71. The molecule has 0 radical (unpaired) electrons. The van der Waals surface area contributed by atoms with Gasteiger partial charge in [-0.05, 0) is 52.9 Å². The zero-order valence-electron chi connectivity index (χ0n) is 17.5. The lowest BCUT2D eigenvalue weighted by molar-refractivity contribution is 0.174. The number of ether oxygens (including phenoxy) is 2. The Bertz CT molecular complexity index is 1420. The maximum atomic E-state index is 13.7. The average molecular weight is 464 g/mol. The molecule has 3 aromatic carbocycles. The molecule has 2 amide bonds. The van der Waals surface area contributed by atoms with Crippen LogP contribution in [0.4, 0.5) is 14.9 Å². The molecule has 166 valence electrons. The van der Waals surface area contributed by atoms with Crippen molar-refractivity contribution in [1.29, 1.82) is 0 Å². The molecule has 1 aromatic heterocycles. The molecule has 6 rings (SSSR count). The molecule has 0 unspecified atom stereocenters. The minimum atomic E-state index is -0.503. The van der Waals surface area contributed by atoms with Gasteiger partial charge in [-0.1, -0.05) is 35.9 Å². The number of rotatable bonds is 2. The predicted octanol–water partition coefficient (Wildman–Crippen LogP) is 5.95. The molecule has 0 fully saturated rings. The predicted molar refractivity (Wildman–Crippen MR) is 124 cm³/mol. The van der Waals surface area contributed by atoms with E-state index in [0.29, 0.717) is 29.7 Å². The number of halogens is 2. The van der Waals surface area contributed by atoms with Crippen molar-refractivity contribution in [3.63, 3.8) is 0 Å². The Labute approximate surface area is 193 Å². The Morgan fingerprint density at radius 2 is 1.85 bits per heavy atom. The van der Waals surface area contributed by atoms with Gasteiger partial charge in [0.15, 0.2) is 11.5 Å². The Hall–Kier alpha value is -3.71. The first-order valence-electron chi connectivity index (χ1n) is 10.6. The number of aromatic amines is 1. The first-order chi connectivity index (χ1) is 16.0. The van der Waals surface area contributed by atoms with Gasteiger partial charge in [0.1, 0.15) is 5.82 Å². The first kappa shape index (κ1) is 19.9. The number of H-pyrrole nitrogens is 1. The highest BCUT2D eigenvalue weighted by atomic mass is 35.5. The Morgan fingerprint density at radius 1 is 1.03 bits per heavy atom. The van der Waals surface area contributed by atoms with Crippen LogP contribution in [-0.4, -0.2) is 29.3 Å². The molecule has 4 aromatic rings. The number of nitrogens with zero attached hydrogens (tertiary/aromatic N) is 1. The average Bonchev–Trinajstić information content (AvgIpc) is 3.45. The van der Waals surface area contributed by atoms with Crippen LogP contribution in [0, 0.1) is 5.82 Å². The van der Waals surface area contributed by atoms with Crippen molar-refractivity contribution >= 4 is 34.2 Å². The first-order valence-corrected chi connectivity index (χ1v) is 11.0. The number of aromatic nitrogens is 1. The lowest BCUT2D eigenvalue weighted by Gasteiger charge is -2.29. The van der Waals surface area contributed by atoms with Crippen LogP contribution in [0.15, 0.2) is 54.7 Å². The molecule has 8 heteroatoms. The van der Waals surface area contributed by atoms with Gasteiger partial charge in [0.25, 0.3) is 0 Å². The SMILES string of the molecule is O=C(Nc1c[nH]c2cc(F)c(Cl)cc12)N1CCc2cc(-c3ccc4c(c3)OCO4)ccc2C1. The largest absolute Gasteiger partial charge is 0.454 e. The van der Waals surface area contributed by atoms with E-state index in [1.54, 1.807) is 11.1 Å². The number of carbonyl (C=O) groups excluding carboxylic acids is 1. The zero-order valence-corrected chi connectivity index (χ0v) is 18.2. The number of amides is 2. The molecular weight excluding hydrogens is 445 g/mol. The molecule has 6 nitrogen and oxygen atoms in total. The smallest absolute Gasteiger partial charge is 0.322 e. The van der Waals surface area contributed by atoms with Crippen molar-refractivity contribution < 1.29 is 18.7 Å². The molecule has 0 atom stereocenters. The number of hydrogen-bond donors (Lipinski definition) is 2. The number of anilines is 1. The second-order valence-electron chi connectivity index (χ2n) is 8.17. The normalized spacial score (nSPS) is 14.4. The Kier molecular flexibility index (Phi) is 4.66. The molecule has 2 aliphatic rings. The minimum Gasteiger partial charge on any atom is -0.454 e. The summed E-state index contributed by atoms with van der Waals surface area (Å²) in [4.78, 5) is 17.7. The van der Waals surface area contributed by atoms with Crippen LogP contribution in [0.1, 0.15) is 11.1 Å². The van der Waals surface area contributed by atoms with Crippen molar-refractivity contribution in [2.45, 2.75) is 13.0 Å². The van der Waals surface area contributed by atoms with Crippen LogP contribution >= 0.6 is 11.6 Å². The lowest BCUT2D eigenvalue weighted by Crippen LogP contribution is -2.38. The topological polar surface area (TPSA) is 66.6 Å². The number of benzene rings is 3. The van der Waals surface area contributed by atoms with Gasteiger partial charge in [-0.2, -0.15) is 0 Å². The number of fused-ring (bicyclic) bond motifs is 3. The van der Waals surface area contributed by atoms with E-state index in [2.05, 4.69) is 28.5 Å². The van der Waals surface area contributed by atoms with Crippen molar-refractivity contribution in [1.82, 2.24) is 9.88 Å². The van der Waals surface area contributed by atoms with E-state index >= 15 is 0 Å². The molecule has 0 saturated heterocycles. The summed E-state index contributed by atoms with van der Waals surface area (Å²) in [5, 5.41) is 3.61. The standard InChI is InChI=1S/C25H19ClFN3O3/c26-19-9-18-21(10-20(19)27)28-11-22(18)29-25(31)30-6-5-16-7-14(1-2-17(16)12-30)15-3-4-23-24(8-15)33-13-32-23/h1-4,7-11,28H,5-6,12-13H2,(H,29,31). The van der Waals surface area contributed by atoms with Crippen molar-refractivity contribution in [2.75, 3.05) is 18.7 Å². The summed E-state index contributed by atoms with van der Waals surface area (Å²) in [7, 11) is 0. The maximum absolute atomic E-state index is 13.7. The Balaban J connectivity index is 1.19. The molecule has 2 aliphatic heterocycles. The number of urea groups is 1. The quantitative estimate of drug-likeness (QED) is 0.386. The number of hydrogen-bond acceptors (Lipinski definition) is 3. The van der Waals surface area contributed by atoms with Crippen LogP contribution in [0.2, 0.25) is 5.02 Å². The summed E-state index contributed by atoms with van der Waals surface area (Å²) < 4.78 is 24.6. The molecule has 0 saturated carbocycles. The summed E-state index contributed by atoms with van der Waals surface area (Å²) in [6, 6.07) is 14.9. The maximum Gasteiger partial charge on any atom is 0.322 e. The fraction of sp³-hybridized carbons (Fsp3) is 0.160. The van der Waals surface area contributed by atoms with Crippen molar-refractivity contribution in [3.8, 4) is 22.6 Å². The summed E-state index contributed by atoms with van der Waals surface area (Å²) in [6.07, 6.45) is 2.40. The third-order valence-electron chi connectivity index (χ3n) is 6.18. The molecule has 0 bridgehead atoms. The van der Waals surface area contributed by atoms with Crippen LogP contribution in [-0.2, 0) is 13.0 Å². The summed E-state index contributed by atoms with van der Waals surface area (Å²) in [5.41, 5.74) is 5.66. The molecule has 0 spiro atoms. The second-order valence-corrected chi connectivity index (χ2v) is 8.57. The lowest BCUT2D eigenvalue weighted by atomic mass is 9.94. The van der Waals surface area contributed by atoms with Gasteiger partial charge in [0, 0.05) is 24.7 Å². The third-order valence-corrected chi connectivity index (χ3v) is 6.47. The van der Waals surface area contributed by atoms with Gasteiger partial charge in [-0.15, -0.1) is 0 Å². The molecule has 2 N–H and O–H groups in total. The summed E-state index contributed by atoms with van der Waals surface area (Å²) in [5.74, 6) is 1.02. The van der Waals surface area contributed by atoms with Gasteiger partial charge in [-0.25, -0.2) is 9.18 Å². The fourth-order valence-corrected chi connectivity index (χ4v) is 4.56. The highest BCUT2D eigenvalue weighted by molar-refractivity contribution is 6.31. The Morgan fingerprint density at radius 3 is 2.76 bits per heavy atom. The van der Waals surface area contributed by atoms with Crippen LogP contribution in [0.3, 0.4) is 0 Å². The van der Waals surface area contributed by atoms with E-state index in [1.807, 2.05) is 18.2 Å². The van der Waals surface area contributed by atoms with Gasteiger partial charge in [0.2, 0.25) is 6.79 Å². The molecule has 0 aliphatic carbocycles. The highest BCUT2D eigenvalue weighted by Crippen LogP contribution is 2.37. The third kappa shape index (κ3) is 3.54. The summed E-state index contributed by atoms with van der Waals surface area (Å²) in [6.45, 7) is 1.37. The fourth-order valence-electron chi connectivity index (χ4n) is 4.40. The van der Waals surface area contributed by atoms with Crippen molar-refractivity contribution in [3.05, 3.63) is 76.7 Å². The van der Waals surface area contributed by atoms with Crippen LogP contribution in [0.5, 0.6) is 11.5 Å². The molecule has 3 heterocycles. The molecule has 33 heavy (non-hydrogen) atoms. The zero-order chi connectivity index (χ0) is 22.5. The minimum absolute atomic E-state index is 0.0164. The highest BCUT2D eigenvalue weighted by Gasteiger charge is 2.22. The van der Waals surface area contributed by atoms with Crippen LogP contribution < -0.4 is 14.8 Å². The van der Waals surface area contributed by atoms with Gasteiger partial charge in [0.05, 0.1) is 16.2 Å². The van der Waals surface area contributed by atoms with E-state index in [0.717, 1.165) is 34.6 Å². The van der Waals surface area contributed by atoms with E-state index in [1.165, 1.54) is 17.7 Å². The van der Waals surface area contributed by atoms with Crippen molar-refractivity contribution in [2.24, 2.45) is 0 Å². The number of nitrogens with one attached hydrogen (secondary N) is 2. The van der Waals surface area contributed by atoms with Gasteiger partial charge >= 0.3 is 6.03 Å². The molecular formula is C25H19ClFN3O3. The van der Waals surface area contributed by atoms with E-state index in [-0.39, 0.29) is 17.8 Å². The monoisotopic (exact) mass is 463 g/mol. The van der Waals surface area contributed by atoms with Crippen LogP contribution in [0.25, 0.3) is 22.0 Å². The number of carbonyl (C=O) groups is 1. The van der Waals surface area contributed by atoms with E-state index < -0.39 is 5.82 Å². The van der Waals surface area contributed by atoms with E-state index in [9.17, 15) is 9.18 Å². The van der Waals surface area contributed by atoms with Gasteiger partial charge in [-0.3, -0.25) is 0 Å². The van der Waals surface area contributed by atoms with E-state index in [4.69, 9.17) is 21.1 Å². The van der Waals surface area contributed by atoms with Gasteiger partial charge < -0.3 is 24.7 Å². The summed E-state index contributed by atoms with van der Waals surface area (Å²) >= 11 is 5.92.